The number of rotatable bonds is 6. The molecule has 0 spiro atoms. The van der Waals surface area contributed by atoms with E-state index < -0.39 is 0 Å². The molecule has 2 N–H and O–H groups in total. The van der Waals surface area contributed by atoms with E-state index in [9.17, 15) is 9.90 Å². The van der Waals surface area contributed by atoms with E-state index in [1.54, 1.807) is 6.33 Å². The number of amides is 1. The first kappa shape index (κ1) is 18.9. The highest BCUT2D eigenvalue weighted by molar-refractivity contribution is 7.99. The zero-order valence-electron chi connectivity index (χ0n) is 15.3. The second-order valence-corrected chi connectivity index (χ2v) is 8.03. The van der Waals surface area contributed by atoms with E-state index in [-0.39, 0.29) is 18.1 Å². The Balaban J connectivity index is 1.56. The fraction of sp³-hybridized carbons (Fsp3) is 0.526. The summed E-state index contributed by atoms with van der Waals surface area (Å²) in [6.07, 6.45) is 4.68. The Hall–Kier alpha value is -1.86. The molecule has 140 valence electrons. The van der Waals surface area contributed by atoms with Gasteiger partial charge in [0.15, 0.2) is 5.16 Å². The molecule has 1 saturated carbocycles. The van der Waals surface area contributed by atoms with E-state index in [1.165, 1.54) is 17.3 Å². The van der Waals surface area contributed by atoms with Crippen molar-refractivity contribution < 1.29 is 9.90 Å². The van der Waals surface area contributed by atoms with Gasteiger partial charge in [-0.05, 0) is 49.3 Å². The first-order chi connectivity index (χ1) is 12.5. The second kappa shape index (κ2) is 8.68. The zero-order chi connectivity index (χ0) is 18.5. The van der Waals surface area contributed by atoms with Crippen LogP contribution in [0, 0.1) is 0 Å². The summed E-state index contributed by atoms with van der Waals surface area (Å²) in [6, 6.07) is 8.50. The molecule has 1 fully saturated rings. The molecule has 1 aliphatic carbocycles. The number of aromatic nitrogens is 3. The number of carbonyl (C=O) groups is 1. The van der Waals surface area contributed by atoms with Gasteiger partial charge in [0.1, 0.15) is 6.33 Å². The van der Waals surface area contributed by atoms with Crippen molar-refractivity contribution >= 4 is 17.7 Å². The third-order valence-electron chi connectivity index (χ3n) is 4.75. The summed E-state index contributed by atoms with van der Waals surface area (Å²) < 4.78 is 1.90. The average molecular weight is 375 g/mol. The Morgan fingerprint density at radius 3 is 2.62 bits per heavy atom. The Bertz CT molecular complexity index is 721. The van der Waals surface area contributed by atoms with Crippen LogP contribution in [0.5, 0.6) is 0 Å². The lowest BCUT2D eigenvalue weighted by Gasteiger charge is -2.26. The smallest absolute Gasteiger partial charge is 0.230 e. The molecule has 7 heteroatoms. The third-order valence-corrected chi connectivity index (χ3v) is 5.69. The average Bonchev–Trinajstić information content (AvgIpc) is 3.10. The van der Waals surface area contributed by atoms with Gasteiger partial charge in [0, 0.05) is 11.7 Å². The summed E-state index contributed by atoms with van der Waals surface area (Å²) in [7, 11) is 0. The summed E-state index contributed by atoms with van der Waals surface area (Å²) >= 11 is 1.38. The lowest BCUT2D eigenvalue weighted by atomic mass is 9.93. The van der Waals surface area contributed by atoms with Crippen LogP contribution in [0.3, 0.4) is 0 Å². The topological polar surface area (TPSA) is 80.0 Å². The molecular weight excluding hydrogens is 348 g/mol. The molecule has 0 radical (unpaired) electrons. The first-order valence-electron chi connectivity index (χ1n) is 9.13. The van der Waals surface area contributed by atoms with Crippen LogP contribution < -0.4 is 5.32 Å². The van der Waals surface area contributed by atoms with Crippen LogP contribution in [-0.4, -0.2) is 43.7 Å². The highest BCUT2D eigenvalue weighted by Gasteiger charge is 2.21. The van der Waals surface area contributed by atoms with Crippen molar-refractivity contribution in [2.24, 2.45) is 0 Å². The fourth-order valence-corrected chi connectivity index (χ4v) is 3.88. The SMILES string of the molecule is CC(C)c1ccc(-n2cnnc2SCC(=O)NC2CCC(O)CC2)cc1. The predicted octanol–water partition coefficient (Wildman–Crippen LogP) is 2.90. The van der Waals surface area contributed by atoms with Crippen molar-refractivity contribution in [3.8, 4) is 5.69 Å². The summed E-state index contributed by atoms with van der Waals surface area (Å²) in [5.41, 5.74) is 2.27. The molecular formula is C19H26N4O2S. The van der Waals surface area contributed by atoms with Gasteiger partial charge in [-0.15, -0.1) is 10.2 Å². The van der Waals surface area contributed by atoms with Gasteiger partial charge in [-0.2, -0.15) is 0 Å². The summed E-state index contributed by atoms with van der Waals surface area (Å²) in [4.78, 5) is 12.2. The molecule has 2 aromatic rings. The maximum absolute atomic E-state index is 12.2. The van der Waals surface area contributed by atoms with Crippen LogP contribution in [0.4, 0.5) is 0 Å². The van der Waals surface area contributed by atoms with Crippen molar-refractivity contribution in [1.29, 1.82) is 0 Å². The van der Waals surface area contributed by atoms with Crippen molar-refractivity contribution in [3.63, 3.8) is 0 Å². The monoisotopic (exact) mass is 374 g/mol. The molecule has 1 aromatic carbocycles. The summed E-state index contributed by atoms with van der Waals surface area (Å²) in [5.74, 6) is 0.798. The molecule has 1 amide bonds. The molecule has 26 heavy (non-hydrogen) atoms. The number of thioether (sulfide) groups is 1. The van der Waals surface area contributed by atoms with Crippen molar-refractivity contribution in [3.05, 3.63) is 36.2 Å². The van der Waals surface area contributed by atoms with Gasteiger partial charge in [-0.25, -0.2) is 0 Å². The Labute approximate surface area is 158 Å². The van der Waals surface area contributed by atoms with Gasteiger partial charge in [0.2, 0.25) is 5.91 Å². The van der Waals surface area contributed by atoms with Crippen LogP contribution in [-0.2, 0) is 4.79 Å². The second-order valence-electron chi connectivity index (χ2n) is 7.09. The van der Waals surface area contributed by atoms with Gasteiger partial charge < -0.3 is 10.4 Å². The highest BCUT2D eigenvalue weighted by Crippen LogP contribution is 2.22. The predicted molar refractivity (Wildman–Crippen MR) is 103 cm³/mol. The molecule has 0 unspecified atom stereocenters. The molecule has 1 aromatic heterocycles. The van der Waals surface area contributed by atoms with Gasteiger partial charge in [0.05, 0.1) is 11.9 Å². The van der Waals surface area contributed by atoms with Crippen LogP contribution in [0.1, 0.15) is 51.0 Å². The normalized spacial score (nSPS) is 20.3. The number of benzene rings is 1. The van der Waals surface area contributed by atoms with E-state index in [2.05, 4.69) is 53.6 Å². The maximum Gasteiger partial charge on any atom is 0.230 e. The first-order valence-corrected chi connectivity index (χ1v) is 10.1. The number of nitrogens with zero attached hydrogens (tertiary/aromatic N) is 3. The minimum Gasteiger partial charge on any atom is -0.393 e. The van der Waals surface area contributed by atoms with Gasteiger partial charge in [-0.1, -0.05) is 37.7 Å². The van der Waals surface area contributed by atoms with Crippen LogP contribution in [0.2, 0.25) is 0 Å². The third kappa shape index (κ3) is 4.86. The minimum absolute atomic E-state index is 0.00101. The van der Waals surface area contributed by atoms with Crippen LogP contribution >= 0.6 is 11.8 Å². The summed E-state index contributed by atoms with van der Waals surface area (Å²) in [6.45, 7) is 4.33. The van der Waals surface area contributed by atoms with Crippen molar-refractivity contribution in [2.75, 3.05) is 5.75 Å². The van der Waals surface area contributed by atoms with E-state index in [0.29, 0.717) is 16.8 Å². The number of aliphatic hydroxyl groups excluding tert-OH is 1. The number of carbonyl (C=O) groups excluding carboxylic acids is 1. The van der Waals surface area contributed by atoms with Crippen molar-refractivity contribution in [2.45, 2.75) is 62.8 Å². The maximum atomic E-state index is 12.2. The fourth-order valence-electron chi connectivity index (χ4n) is 3.14. The molecule has 3 rings (SSSR count). The Morgan fingerprint density at radius 2 is 1.96 bits per heavy atom. The lowest BCUT2D eigenvalue weighted by molar-refractivity contribution is -0.119. The molecule has 1 aliphatic rings. The molecule has 0 atom stereocenters. The quantitative estimate of drug-likeness (QED) is 0.760. The van der Waals surface area contributed by atoms with E-state index in [4.69, 9.17) is 0 Å². The van der Waals surface area contributed by atoms with Crippen LogP contribution in [0.15, 0.2) is 35.7 Å². The van der Waals surface area contributed by atoms with Gasteiger partial charge in [0.25, 0.3) is 0 Å². The minimum atomic E-state index is -0.210. The highest BCUT2D eigenvalue weighted by atomic mass is 32.2. The van der Waals surface area contributed by atoms with E-state index in [0.717, 1.165) is 31.4 Å². The number of hydrogen-bond acceptors (Lipinski definition) is 5. The molecule has 0 bridgehead atoms. The summed E-state index contributed by atoms with van der Waals surface area (Å²) in [5, 5.41) is 21.4. The van der Waals surface area contributed by atoms with E-state index in [1.807, 2.05) is 4.57 Å². The molecule has 0 saturated heterocycles. The zero-order valence-corrected chi connectivity index (χ0v) is 16.1. The largest absolute Gasteiger partial charge is 0.393 e. The Kier molecular flexibility index (Phi) is 6.32. The molecule has 0 aliphatic heterocycles. The number of aliphatic hydroxyl groups is 1. The van der Waals surface area contributed by atoms with Crippen LogP contribution in [0.25, 0.3) is 5.69 Å². The lowest BCUT2D eigenvalue weighted by Crippen LogP contribution is -2.39. The van der Waals surface area contributed by atoms with E-state index >= 15 is 0 Å². The Morgan fingerprint density at radius 1 is 1.27 bits per heavy atom. The number of nitrogens with one attached hydrogen (secondary N) is 1. The van der Waals surface area contributed by atoms with Gasteiger partial charge in [-0.3, -0.25) is 9.36 Å². The van der Waals surface area contributed by atoms with Crippen molar-refractivity contribution in [1.82, 2.24) is 20.1 Å². The standard InChI is InChI=1S/C19H26N4O2S/c1-13(2)14-3-7-16(8-4-14)23-12-20-22-19(23)26-11-18(25)21-15-5-9-17(24)10-6-15/h3-4,7-8,12-13,15,17,24H,5-6,9-11H2,1-2H3,(H,21,25). The van der Waals surface area contributed by atoms with Gasteiger partial charge >= 0.3 is 0 Å². The number of hydrogen-bond donors (Lipinski definition) is 2. The molecule has 6 nitrogen and oxygen atoms in total. The molecule has 1 heterocycles.